The summed E-state index contributed by atoms with van der Waals surface area (Å²) in [4.78, 5) is 15.1. The Kier molecular flexibility index (Phi) is 3.86. The van der Waals surface area contributed by atoms with Crippen molar-refractivity contribution in [3.63, 3.8) is 0 Å². The van der Waals surface area contributed by atoms with E-state index in [4.69, 9.17) is 9.84 Å². The summed E-state index contributed by atoms with van der Waals surface area (Å²) in [5, 5.41) is 9.38. The first-order chi connectivity index (χ1) is 10.1. The summed E-state index contributed by atoms with van der Waals surface area (Å²) < 4.78 is 21.4. The number of nitrogens with zero attached hydrogens (tertiary/aromatic N) is 2. The number of ether oxygens (including phenoxy) is 1. The number of rotatable bonds is 4. The van der Waals surface area contributed by atoms with Gasteiger partial charge in [0.15, 0.2) is 11.0 Å². The van der Waals surface area contributed by atoms with Gasteiger partial charge in [-0.05, 0) is 25.5 Å². The van der Waals surface area contributed by atoms with Crippen molar-refractivity contribution in [2.75, 3.05) is 12.4 Å². The van der Waals surface area contributed by atoms with Crippen molar-refractivity contribution in [2.45, 2.75) is 30.6 Å². The van der Waals surface area contributed by atoms with Crippen LogP contribution in [0.2, 0.25) is 0 Å². The molecule has 0 aliphatic carbocycles. The fourth-order valence-corrected chi connectivity index (χ4v) is 3.45. The van der Waals surface area contributed by atoms with Gasteiger partial charge >= 0.3 is 5.97 Å². The smallest absolute Gasteiger partial charge is 0.313 e. The van der Waals surface area contributed by atoms with Crippen LogP contribution in [0.25, 0.3) is 11.0 Å². The van der Waals surface area contributed by atoms with Gasteiger partial charge in [-0.15, -0.1) is 0 Å². The van der Waals surface area contributed by atoms with Crippen LogP contribution in [0.5, 0.6) is 0 Å². The standard InChI is InChI=1S/C14H15FN2O3S/c1-8-10(5-6-20-8)17-11-4-2-3-9(15)13(11)16-14(17)21-7-12(18)19/h2-4,8,10H,5-7H2,1H3,(H,18,19). The van der Waals surface area contributed by atoms with Gasteiger partial charge in [-0.3, -0.25) is 4.79 Å². The number of carbonyl (C=O) groups is 1. The van der Waals surface area contributed by atoms with Crippen LogP contribution in [-0.2, 0) is 9.53 Å². The van der Waals surface area contributed by atoms with Crippen LogP contribution in [-0.4, -0.2) is 39.1 Å². The molecule has 7 heteroatoms. The molecule has 1 saturated heterocycles. The normalized spacial score (nSPS) is 22.0. The van der Waals surface area contributed by atoms with Gasteiger partial charge in [0.2, 0.25) is 0 Å². The molecule has 0 radical (unpaired) electrons. The van der Waals surface area contributed by atoms with Gasteiger partial charge in [0.25, 0.3) is 0 Å². The van der Waals surface area contributed by atoms with Gasteiger partial charge in [-0.1, -0.05) is 17.8 Å². The first-order valence-electron chi connectivity index (χ1n) is 6.70. The molecular weight excluding hydrogens is 295 g/mol. The number of thioether (sulfide) groups is 1. The van der Waals surface area contributed by atoms with Gasteiger partial charge in [0, 0.05) is 6.61 Å². The van der Waals surface area contributed by atoms with Crippen molar-refractivity contribution in [1.82, 2.24) is 9.55 Å². The van der Waals surface area contributed by atoms with Gasteiger partial charge in [0.05, 0.1) is 23.4 Å². The van der Waals surface area contributed by atoms with E-state index in [1.54, 1.807) is 12.1 Å². The number of carboxylic acids is 1. The zero-order valence-corrected chi connectivity index (χ0v) is 12.3. The van der Waals surface area contributed by atoms with Crippen molar-refractivity contribution < 1.29 is 19.0 Å². The van der Waals surface area contributed by atoms with Crippen LogP contribution >= 0.6 is 11.8 Å². The third-order valence-electron chi connectivity index (χ3n) is 3.63. The number of imidazole rings is 1. The second-order valence-electron chi connectivity index (χ2n) is 4.99. The number of hydrogen-bond donors (Lipinski definition) is 1. The highest BCUT2D eigenvalue weighted by atomic mass is 32.2. The maximum absolute atomic E-state index is 13.9. The zero-order valence-electron chi connectivity index (χ0n) is 11.5. The molecular formula is C14H15FN2O3S. The Hall–Kier alpha value is -1.60. The summed E-state index contributed by atoms with van der Waals surface area (Å²) in [6.07, 6.45) is 0.805. The molecule has 0 bridgehead atoms. The Morgan fingerprint density at radius 3 is 3.10 bits per heavy atom. The minimum absolute atomic E-state index is 0.00477. The first-order valence-corrected chi connectivity index (χ1v) is 7.69. The van der Waals surface area contributed by atoms with E-state index >= 15 is 0 Å². The number of carboxylic acid groups (broad SMARTS) is 1. The molecule has 2 heterocycles. The Bertz CT molecular complexity index is 688. The van der Waals surface area contributed by atoms with Crippen molar-refractivity contribution in [2.24, 2.45) is 0 Å². The molecule has 1 aromatic carbocycles. The van der Waals surface area contributed by atoms with Crippen molar-refractivity contribution in [3.8, 4) is 0 Å². The summed E-state index contributed by atoms with van der Waals surface area (Å²) in [5.74, 6) is -1.42. The van der Waals surface area contributed by atoms with Crippen molar-refractivity contribution in [1.29, 1.82) is 0 Å². The molecule has 0 saturated carbocycles. The van der Waals surface area contributed by atoms with Crippen LogP contribution in [0.1, 0.15) is 19.4 Å². The molecule has 1 aliphatic rings. The lowest BCUT2D eigenvalue weighted by Crippen LogP contribution is -2.18. The minimum atomic E-state index is -0.921. The monoisotopic (exact) mass is 310 g/mol. The molecule has 0 spiro atoms. The Labute approximate surface area is 125 Å². The van der Waals surface area contributed by atoms with E-state index in [0.29, 0.717) is 17.3 Å². The summed E-state index contributed by atoms with van der Waals surface area (Å²) in [7, 11) is 0. The number of hydrogen-bond acceptors (Lipinski definition) is 4. The maximum atomic E-state index is 13.9. The maximum Gasteiger partial charge on any atom is 0.313 e. The summed E-state index contributed by atoms with van der Waals surface area (Å²) in [6, 6.07) is 4.86. The molecule has 2 aromatic rings. The van der Waals surface area contributed by atoms with Crippen molar-refractivity contribution >= 4 is 28.8 Å². The molecule has 2 unspecified atom stereocenters. The highest BCUT2D eigenvalue weighted by molar-refractivity contribution is 7.99. The quantitative estimate of drug-likeness (QED) is 0.880. The molecule has 1 fully saturated rings. The number of aliphatic carboxylic acids is 1. The fraction of sp³-hybridized carbons (Fsp3) is 0.429. The predicted molar refractivity (Wildman–Crippen MR) is 77.1 cm³/mol. The largest absolute Gasteiger partial charge is 0.481 e. The number of halogens is 1. The summed E-state index contributed by atoms with van der Waals surface area (Å²) >= 11 is 1.11. The highest BCUT2D eigenvalue weighted by Crippen LogP contribution is 2.35. The van der Waals surface area contributed by atoms with Crippen molar-refractivity contribution in [3.05, 3.63) is 24.0 Å². The zero-order chi connectivity index (χ0) is 15.0. The van der Waals surface area contributed by atoms with Gasteiger partial charge in [-0.2, -0.15) is 0 Å². The second-order valence-corrected chi connectivity index (χ2v) is 5.93. The van der Waals surface area contributed by atoms with Crippen LogP contribution in [0, 0.1) is 5.82 Å². The second kappa shape index (κ2) is 5.65. The molecule has 5 nitrogen and oxygen atoms in total. The van der Waals surface area contributed by atoms with Crippen LogP contribution in [0.4, 0.5) is 4.39 Å². The average molecular weight is 310 g/mol. The first kappa shape index (κ1) is 14.3. The van der Waals surface area contributed by atoms with Gasteiger partial charge < -0.3 is 14.4 Å². The van der Waals surface area contributed by atoms with E-state index < -0.39 is 11.8 Å². The van der Waals surface area contributed by atoms with E-state index in [9.17, 15) is 9.18 Å². The highest BCUT2D eigenvalue weighted by Gasteiger charge is 2.30. The Morgan fingerprint density at radius 2 is 2.43 bits per heavy atom. The third-order valence-corrected chi connectivity index (χ3v) is 4.57. The molecule has 112 valence electrons. The molecule has 1 aliphatic heterocycles. The van der Waals surface area contributed by atoms with Crippen LogP contribution < -0.4 is 0 Å². The Morgan fingerprint density at radius 1 is 1.62 bits per heavy atom. The van der Waals surface area contributed by atoms with Gasteiger partial charge in [-0.25, -0.2) is 9.37 Å². The van der Waals surface area contributed by atoms with E-state index in [2.05, 4.69) is 4.98 Å². The Balaban J connectivity index is 2.11. The topological polar surface area (TPSA) is 64.3 Å². The summed E-state index contributed by atoms with van der Waals surface area (Å²) in [6.45, 7) is 2.61. The number of aromatic nitrogens is 2. The lowest BCUT2D eigenvalue weighted by molar-refractivity contribution is -0.133. The van der Waals surface area contributed by atoms with E-state index in [1.165, 1.54) is 6.07 Å². The predicted octanol–water partition coefficient (Wildman–Crippen LogP) is 2.70. The SMILES string of the molecule is CC1OCCC1n1c(SCC(=O)O)nc2c(F)cccc21. The van der Waals surface area contributed by atoms with E-state index in [-0.39, 0.29) is 23.4 Å². The summed E-state index contributed by atoms with van der Waals surface area (Å²) in [5.41, 5.74) is 0.967. The molecule has 1 aromatic heterocycles. The van der Waals surface area contributed by atoms with E-state index in [0.717, 1.165) is 18.2 Å². The molecule has 0 amide bonds. The fourth-order valence-electron chi connectivity index (χ4n) is 2.67. The number of fused-ring (bicyclic) bond motifs is 1. The lowest BCUT2D eigenvalue weighted by atomic mass is 10.1. The van der Waals surface area contributed by atoms with Crippen LogP contribution in [0.15, 0.2) is 23.4 Å². The van der Waals surface area contributed by atoms with Gasteiger partial charge in [0.1, 0.15) is 5.52 Å². The number of para-hydroxylation sites is 1. The molecule has 1 N–H and O–H groups in total. The molecule has 3 rings (SSSR count). The third kappa shape index (κ3) is 2.63. The number of benzene rings is 1. The minimum Gasteiger partial charge on any atom is -0.481 e. The van der Waals surface area contributed by atoms with Crippen LogP contribution in [0.3, 0.4) is 0 Å². The molecule has 2 atom stereocenters. The molecule has 21 heavy (non-hydrogen) atoms. The van der Waals surface area contributed by atoms with E-state index in [1.807, 2.05) is 11.5 Å². The average Bonchev–Trinajstić information content (AvgIpc) is 3.00. The lowest BCUT2D eigenvalue weighted by Gasteiger charge is -2.19.